The first-order valence-electron chi connectivity index (χ1n) is 13.9. The van der Waals surface area contributed by atoms with Crippen LogP contribution in [0.3, 0.4) is 0 Å². The van der Waals surface area contributed by atoms with E-state index in [1.165, 1.54) is 0 Å². The van der Waals surface area contributed by atoms with Crippen LogP contribution in [0.5, 0.6) is 0 Å². The average molecular weight is 608 g/mol. The number of ether oxygens (including phenoxy) is 1. The van der Waals surface area contributed by atoms with Gasteiger partial charge < -0.3 is 24.7 Å². The first-order valence-corrected chi connectivity index (χ1v) is 14.7. The number of carbonyl (C=O) groups is 1. The number of hydrogen-bond donors (Lipinski definition) is 2. The topological polar surface area (TPSA) is 118 Å². The molecule has 3 atom stereocenters. The lowest BCUT2D eigenvalue weighted by atomic mass is 10.0. The number of fused-ring (bicyclic) bond motifs is 2. The van der Waals surface area contributed by atoms with Crippen molar-refractivity contribution in [3.8, 4) is 11.6 Å². The Hall–Kier alpha value is -4.30. The third-order valence-electron chi connectivity index (χ3n) is 8.22. The average Bonchev–Trinajstić information content (AvgIpc) is 3.90. The highest BCUT2D eigenvalue weighted by atomic mass is 32.1. The van der Waals surface area contributed by atoms with Gasteiger partial charge in [-0.15, -0.1) is 5.10 Å². The molecule has 0 spiro atoms. The number of anilines is 3. The molecule has 4 aliphatic rings. The monoisotopic (exact) mass is 607 g/mol. The molecule has 14 heteroatoms. The van der Waals surface area contributed by atoms with Gasteiger partial charge in [0.2, 0.25) is 6.17 Å². The van der Waals surface area contributed by atoms with Crippen LogP contribution in [0.4, 0.5) is 29.9 Å². The molecular weight excluding hydrogens is 583 g/mol. The first-order chi connectivity index (χ1) is 20.8. The molecule has 4 heterocycles. The number of amides is 1. The molecule has 220 valence electrons. The predicted molar refractivity (Wildman–Crippen MR) is 152 cm³/mol. The van der Waals surface area contributed by atoms with Gasteiger partial charge in [0.25, 0.3) is 11.8 Å². The van der Waals surface area contributed by atoms with E-state index < -0.39 is 23.7 Å². The summed E-state index contributed by atoms with van der Waals surface area (Å²) in [6.45, 7) is 0.990. The minimum atomic E-state index is -4.41. The van der Waals surface area contributed by atoms with Crippen LogP contribution in [0.2, 0.25) is 0 Å². The second-order valence-corrected chi connectivity index (χ2v) is 12.0. The molecule has 43 heavy (non-hydrogen) atoms. The van der Waals surface area contributed by atoms with Gasteiger partial charge in [0.15, 0.2) is 5.69 Å². The highest BCUT2D eigenvalue weighted by molar-refractivity contribution is 7.16. The zero-order chi connectivity index (χ0) is 29.3. The van der Waals surface area contributed by atoms with Crippen LogP contribution in [-0.4, -0.2) is 64.4 Å². The van der Waals surface area contributed by atoms with Crippen molar-refractivity contribution in [3.05, 3.63) is 70.7 Å². The van der Waals surface area contributed by atoms with Crippen LogP contribution >= 0.6 is 11.3 Å². The van der Waals surface area contributed by atoms with E-state index in [-0.39, 0.29) is 47.6 Å². The Morgan fingerprint density at radius 2 is 1.86 bits per heavy atom. The van der Waals surface area contributed by atoms with Crippen molar-refractivity contribution in [3.63, 3.8) is 0 Å². The second kappa shape index (κ2) is 9.61. The molecule has 8 rings (SSSR count). The Bertz CT molecular complexity index is 1750. The highest BCUT2D eigenvalue weighted by Gasteiger charge is 2.66. The summed E-state index contributed by atoms with van der Waals surface area (Å²) in [6, 6.07) is 16.8. The fraction of sp³-hybridized carbons (Fsp3) is 0.345. The lowest BCUT2D eigenvalue weighted by Gasteiger charge is -2.27. The van der Waals surface area contributed by atoms with Crippen LogP contribution in [0, 0.1) is 0 Å². The molecule has 0 bridgehead atoms. The maximum absolute atomic E-state index is 14.1. The van der Waals surface area contributed by atoms with E-state index in [0.717, 1.165) is 28.9 Å². The van der Waals surface area contributed by atoms with Crippen molar-refractivity contribution < 1.29 is 27.1 Å². The van der Waals surface area contributed by atoms with E-state index in [1.54, 1.807) is 6.07 Å². The summed E-state index contributed by atoms with van der Waals surface area (Å²) >= 11 is 1.03. The number of carbonyl (C=O) groups excluding carboxylic acids is 1. The fourth-order valence-corrected chi connectivity index (χ4v) is 7.07. The molecule has 2 N–H and O–H groups in total. The summed E-state index contributed by atoms with van der Waals surface area (Å²) in [6.07, 6.45) is -4.70. The van der Waals surface area contributed by atoms with Crippen LogP contribution in [0.1, 0.15) is 35.4 Å². The van der Waals surface area contributed by atoms with Gasteiger partial charge in [-0.2, -0.15) is 13.2 Å². The van der Waals surface area contributed by atoms with E-state index in [4.69, 9.17) is 14.1 Å². The second-order valence-electron chi connectivity index (χ2n) is 11.0. The van der Waals surface area contributed by atoms with Gasteiger partial charge in [-0.3, -0.25) is 4.79 Å². The number of aromatic nitrogens is 3. The lowest BCUT2D eigenvalue weighted by molar-refractivity contribution is -0.160. The van der Waals surface area contributed by atoms with Gasteiger partial charge in [0, 0.05) is 17.7 Å². The van der Waals surface area contributed by atoms with Crippen molar-refractivity contribution in [2.45, 2.75) is 49.2 Å². The number of para-hydroxylation sites is 1. The number of alkyl halides is 3. The molecule has 0 unspecified atom stereocenters. The molecule has 4 aromatic rings. The van der Waals surface area contributed by atoms with Gasteiger partial charge in [0.1, 0.15) is 15.4 Å². The predicted octanol–water partition coefficient (Wildman–Crippen LogP) is 4.99. The number of nitrogens with one attached hydrogen (secondary N) is 2. The highest BCUT2D eigenvalue weighted by Crippen LogP contribution is 2.61. The summed E-state index contributed by atoms with van der Waals surface area (Å²) < 4.78 is 53.8. The zero-order valence-corrected chi connectivity index (χ0v) is 23.3. The van der Waals surface area contributed by atoms with Crippen molar-refractivity contribution in [1.29, 1.82) is 0 Å². The fourth-order valence-electron chi connectivity index (χ4n) is 5.66. The zero-order valence-electron chi connectivity index (χ0n) is 22.5. The lowest BCUT2D eigenvalue weighted by Crippen LogP contribution is -2.36. The number of rotatable bonds is 6. The molecular formula is C29H24F3N7O3S. The molecule has 1 saturated heterocycles. The van der Waals surface area contributed by atoms with E-state index in [2.05, 4.69) is 25.8 Å². The van der Waals surface area contributed by atoms with Crippen molar-refractivity contribution in [2.24, 2.45) is 4.99 Å². The number of benzene rings is 2. The van der Waals surface area contributed by atoms with Crippen LogP contribution in [0.25, 0.3) is 11.6 Å². The van der Waals surface area contributed by atoms with Crippen LogP contribution in [0.15, 0.2) is 64.0 Å². The maximum atomic E-state index is 14.1. The standard InChI is InChI=1S/C29H24F3N7O3S/c30-29(31,32)28(10-11-28)26-35-21(25(43-26)39-12-13-41-19-14-18(19)39)24-37-38-27(42-24)36-22-23(40)33-17-9-5-4-8-16(17)20(34-22)15-6-2-1-3-7-15/h1-9,18-19,22H,10-14H2,(H,33,40)(H,36,38)/t18-,19+,22-/m1/s1. The Kier molecular flexibility index (Phi) is 5.88. The SMILES string of the molecule is O=C1Nc2ccccc2C(c2ccccc2)=N[C@@H]1Nc1nnc(-c2nc(C3(C(F)(F)F)CC3)sc2N2CCO[C@H]3C[C@H]32)o1. The summed E-state index contributed by atoms with van der Waals surface area (Å²) in [4.78, 5) is 24.5. The van der Waals surface area contributed by atoms with Gasteiger partial charge in [0.05, 0.1) is 30.2 Å². The van der Waals surface area contributed by atoms with Crippen molar-refractivity contribution in [1.82, 2.24) is 15.2 Å². The summed E-state index contributed by atoms with van der Waals surface area (Å²) in [5.41, 5.74) is 1.01. The number of hydrogen-bond acceptors (Lipinski definition) is 10. The molecule has 10 nitrogen and oxygen atoms in total. The van der Waals surface area contributed by atoms with Gasteiger partial charge >= 0.3 is 12.2 Å². The molecule has 2 aromatic carbocycles. The normalized spacial score (nSPS) is 23.9. The first kappa shape index (κ1) is 26.3. The van der Waals surface area contributed by atoms with E-state index in [0.29, 0.717) is 29.6 Å². The smallest absolute Gasteiger partial charge is 0.400 e. The number of benzodiazepines with no additional fused rings is 1. The largest absolute Gasteiger partial charge is 0.402 e. The number of morpholine rings is 1. The van der Waals surface area contributed by atoms with Gasteiger partial charge in [-0.05, 0) is 25.3 Å². The van der Waals surface area contributed by atoms with E-state index >= 15 is 0 Å². The molecule has 1 amide bonds. The van der Waals surface area contributed by atoms with Crippen molar-refractivity contribution in [2.75, 3.05) is 28.7 Å². The summed E-state index contributed by atoms with van der Waals surface area (Å²) in [5.74, 6) is -0.477. The van der Waals surface area contributed by atoms with E-state index in [1.807, 2.05) is 53.4 Å². The van der Waals surface area contributed by atoms with Crippen molar-refractivity contribution >= 4 is 39.7 Å². The molecule has 0 radical (unpaired) electrons. The van der Waals surface area contributed by atoms with Gasteiger partial charge in [-0.1, -0.05) is 65.0 Å². The van der Waals surface area contributed by atoms with Gasteiger partial charge in [-0.25, -0.2) is 9.98 Å². The minimum absolute atomic E-state index is 0.000542. The number of aliphatic imine (C=N–C) groups is 1. The molecule has 2 aliphatic heterocycles. The third-order valence-corrected chi connectivity index (χ3v) is 9.51. The third kappa shape index (κ3) is 4.47. The van der Waals surface area contributed by atoms with Crippen LogP contribution < -0.4 is 15.5 Å². The molecule has 2 saturated carbocycles. The molecule has 2 aromatic heterocycles. The van der Waals surface area contributed by atoms with Crippen LogP contribution in [-0.2, 0) is 14.9 Å². The quantitative estimate of drug-likeness (QED) is 0.315. The molecule has 2 aliphatic carbocycles. The molecule has 3 fully saturated rings. The Labute approximate surface area is 247 Å². The Morgan fingerprint density at radius 1 is 1.07 bits per heavy atom. The maximum Gasteiger partial charge on any atom is 0.400 e. The summed E-state index contributed by atoms with van der Waals surface area (Å²) in [7, 11) is 0. The number of thiazole rings is 1. The Morgan fingerprint density at radius 3 is 2.65 bits per heavy atom. The minimum Gasteiger partial charge on any atom is -0.402 e. The van der Waals surface area contributed by atoms with E-state index in [9.17, 15) is 18.0 Å². The number of halogens is 3. The summed E-state index contributed by atoms with van der Waals surface area (Å²) in [5, 5.41) is 14.6. The Balaban J connectivity index is 1.14. The number of nitrogens with zero attached hydrogens (tertiary/aromatic N) is 5.